The van der Waals surface area contributed by atoms with E-state index in [1.807, 2.05) is 25.7 Å². The third-order valence-electron chi connectivity index (χ3n) is 2.71. The quantitative estimate of drug-likeness (QED) is 0.860. The fraction of sp³-hybridized carbons (Fsp3) is 0.462. The fourth-order valence-corrected chi connectivity index (χ4v) is 1.93. The number of hydrogen-bond acceptors (Lipinski definition) is 4. The van der Waals surface area contributed by atoms with Gasteiger partial charge in [0.1, 0.15) is 5.82 Å². The van der Waals surface area contributed by atoms with Crippen molar-refractivity contribution in [1.82, 2.24) is 4.98 Å². The Bertz CT molecular complexity index is 480. The molecule has 18 heavy (non-hydrogen) atoms. The van der Waals surface area contributed by atoms with Gasteiger partial charge in [-0.3, -0.25) is 4.79 Å². The molecule has 0 aromatic carbocycles. The molecule has 0 spiro atoms. The highest BCUT2D eigenvalue weighted by Crippen LogP contribution is 2.18. The minimum absolute atomic E-state index is 0.0470. The zero-order chi connectivity index (χ0) is 13.7. The number of anilines is 1. The van der Waals surface area contributed by atoms with Gasteiger partial charge in [0, 0.05) is 18.3 Å². The smallest absolute Gasteiger partial charge is 0.305 e. The van der Waals surface area contributed by atoms with Crippen LogP contribution in [0.3, 0.4) is 0 Å². The molecule has 1 unspecified atom stereocenters. The summed E-state index contributed by atoms with van der Waals surface area (Å²) in [4.78, 5) is 17.0. The van der Waals surface area contributed by atoms with Crippen molar-refractivity contribution in [3.05, 3.63) is 23.4 Å². The second-order valence-corrected chi connectivity index (χ2v) is 4.20. The Morgan fingerprint density at radius 1 is 1.61 bits per heavy atom. The van der Waals surface area contributed by atoms with Crippen molar-refractivity contribution in [2.75, 3.05) is 11.4 Å². The summed E-state index contributed by atoms with van der Waals surface area (Å²) in [5.74, 6) is -0.183. The Morgan fingerprint density at radius 3 is 2.78 bits per heavy atom. The Hall–Kier alpha value is -2.09. The molecule has 96 valence electrons. The van der Waals surface area contributed by atoms with E-state index in [1.165, 1.54) is 0 Å². The first kappa shape index (κ1) is 14.0. The molecular formula is C13H17N3O2. The summed E-state index contributed by atoms with van der Waals surface area (Å²) < 4.78 is 0. The van der Waals surface area contributed by atoms with Crippen molar-refractivity contribution in [1.29, 1.82) is 5.26 Å². The molecule has 1 rings (SSSR count). The highest BCUT2D eigenvalue weighted by atomic mass is 16.4. The average Bonchev–Trinajstić information content (AvgIpc) is 2.28. The topological polar surface area (TPSA) is 77.2 Å². The molecule has 0 aliphatic rings. The van der Waals surface area contributed by atoms with Crippen LogP contribution in [0, 0.1) is 18.3 Å². The Kier molecular flexibility index (Phi) is 4.67. The van der Waals surface area contributed by atoms with E-state index in [0.717, 1.165) is 5.69 Å². The van der Waals surface area contributed by atoms with Crippen LogP contribution >= 0.6 is 0 Å². The van der Waals surface area contributed by atoms with Crippen LogP contribution in [0.1, 0.15) is 31.5 Å². The highest BCUT2D eigenvalue weighted by Gasteiger charge is 2.17. The Balaban J connectivity index is 3.05. The van der Waals surface area contributed by atoms with E-state index >= 15 is 0 Å². The molecule has 0 fully saturated rings. The molecule has 5 heteroatoms. The number of aromatic nitrogens is 1. The van der Waals surface area contributed by atoms with E-state index in [-0.39, 0.29) is 12.5 Å². The number of carboxylic acid groups (broad SMARTS) is 1. The lowest BCUT2D eigenvalue weighted by Gasteiger charge is -2.28. The number of aliphatic carboxylic acids is 1. The van der Waals surface area contributed by atoms with Crippen molar-refractivity contribution in [2.24, 2.45) is 0 Å². The van der Waals surface area contributed by atoms with Crippen molar-refractivity contribution in [2.45, 2.75) is 33.2 Å². The number of rotatable bonds is 5. The summed E-state index contributed by atoms with van der Waals surface area (Å²) in [5.41, 5.74) is 1.29. The molecule has 1 N–H and O–H groups in total. The molecule has 1 heterocycles. The maximum atomic E-state index is 10.8. The number of carboxylic acids is 1. The molecular weight excluding hydrogens is 230 g/mol. The van der Waals surface area contributed by atoms with Crippen LogP contribution < -0.4 is 4.90 Å². The van der Waals surface area contributed by atoms with Crippen LogP contribution in [0.2, 0.25) is 0 Å². The van der Waals surface area contributed by atoms with Gasteiger partial charge in [0.15, 0.2) is 0 Å². The SMILES string of the molecule is CCN(c1cc(C#N)cc(C)n1)C(C)CC(=O)O. The van der Waals surface area contributed by atoms with Gasteiger partial charge < -0.3 is 10.0 Å². The van der Waals surface area contributed by atoms with E-state index < -0.39 is 5.97 Å². The summed E-state index contributed by atoms with van der Waals surface area (Å²) in [6, 6.07) is 5.32. The number of aryl methyl sites for hydroxylation is 1. The maximum Gasteiger partial charge on any atom is 0.305 e. The molecule has 0 aliphatic heterocycles. The third-order valence-corrected chi connectivity index (χ3v) is 2.71. The molecule has 0 aliphatic carbocycles. The van der Waals surface area contributed by atoms with E-state index in [0.29, 0.717) is 17.9 Å². The van der Waals surface area contributed by atoms with Gasteiger partial charge in [-0.05, 0) is 32.9 Å². The summed E-state index contributed by atoms with van der Waals surface area (Å²) >= 11 is 0. The second-order valence-electron chi connectivity index (χ2n) is 4.20. The molecule has 0 amide bonds. The lowest BCUT2D eigenvalue weighted by molar-refractivity contribution is -0.137. The van der Waals surface area contributed by atoms with Gasteiger partial charge in [-0.15, -0.1) is 0 Å². The molecule has 1 atom stereocenters. The number of hydrogen-bond donors (Lipinski definition) is 1. The Labute approximate surface area is 107 Å². The van der Waals surface area contributed by atoms with Crippen LogP contribution in [-0.4, -0.2) is 28.6 Å². The van der Waals surface area contributed by atoms with Crippen molar-refractivity contribution < 1.29 is 9.90 Å². The number of carbonyl (C=O) groups is 1. The van der Waals surface area contributed by atoms with Crippen LogP contribution in [0.25, 0.3) is 0 Å². The molecule has 0 radical (unpaired) electrons. The van der Waals surface area contributed by atoms with Crippen molar-refractivity contribution >= 4 is 11.8 Å². The molecule has 1 aromatic heterocycles. The van der Waals surface area contributed by atoms with Gasteiger partial charge in [-0.25, -0.2) is 4.98 Å². The number of nitrogens with zero attached hydrogens (tertiary/aromatic N) is 3. The predicted molar refractivity (Wildman–Crippen MR) is 68.4 cm³/mol. The van der Waals surface area contributed by atoms with Crippen LogP contribution in [0.4, 0.5) is 5.82 Å². The van der Waals surface area contributed by atoms with Gasteiger partial charge in [0.25, 0.3) is 0 Å². The van der Waals surface area contributed by atoms with Crippen molar-refractivity contribution in [3.63, 3.8) is 0 Å². The molecule has 0 bridgehead atoms. The van der Waals surface area contributed by atoms with Crippen LogP contribution in [-0.2, 0) is 4.79 Å². The van der Waals surface area contributed by atoms with Crippen molar-refractivity contribution in [3.8, 4) is 6.07 Å². The van der Waals surface area contributed by atoms with Gasteiger partial charge in [-0.2, -0.15) is 5.26 Å². The average molecular weight is 247 g/mol. The normalized spacial score (nSPS) is 11.7. The minimum Gasteiger partial charge on any atom is -0.481 e. The summed E-state index contributed by atoms with van der Waals surface area (Å²) in [6.07, 6.45) is 0.0470. The first-order valence-electron chi connectivity index (χ1n) is 5.85. The van der Waals surface area contributed by atoms with Gasteiger partial charge in [-0.1, -0.05) is 0 Å². The summed E-state index contributed by atoms with van der Waals surface area (Å²) in [7, 11) is 0. The monoisotopic (exact) mass is 247 g/mol. The predicted octanol–water partition coefficient (Wildman–Crippen LogP) is 1.95. The third kappa shape index (κ3) is 3.45. The lowest BCUT2D eigenvalue weighted by Crippen LogP contribution is -2.35. The second kappa shape index (κ2) is 6.01. The number of pyridine rings is 1. The van der Waals surface area contributed by atoms with E-state index in [2.05, 4.69) is 11.1 Å². The van der Waals surface area contributed by atoms with Crippen LogP contribution in [0.15, 0.2) is 12.1 Å². The summed E-state index contributed by atoms with van der Waals surface area (Å²) in [6.45, 7) is 6.25. The summed E-state index contributed by atoms with van der Waals surface area (Å²) in [5, 5.41) is 17.8. The van der Waals surface area contributed by atoms with Gasteiger partial charge in [0.2, 0.25) is 0 Å². The van der Waals surface area contributed by atoms with E-state index in [1.54, 1.807) is 12.1 Å². The van der Waals surface area contributed by atoms with Gasteiger partial charge >= 0.3 is 5.97 Å². The zero-order valence-corrected chi connectivity index (χ0v) is 10.8. The van der Waals surface area contributed by atoms with E-state index in [9.17, 15) is 4.79 Å². The zero-order valence-electron chi connectivity index (χ0n) is 10.8. The first-order chi connectivity index (χ1) is 8.47. The van der Waals surface area contributed by atoms with E-state index in [4.69, 9.17) is 10.4 Å². The maximum absolute atomic E-state index is 10.8. The number of nitriles is 1. The standard InChI is InChI=1S/C13H17N3O2/c1-4-16(10(3)6-13(17)18)12-7-11(8-14)5-9(2)15-12/h5,7,10H,4,6H2,1-3H3,(H,17,18). The van der Waals surface area contributed by atoms with Gasteiger partial charge in [0.05, 0.1) is 18.1 Å². The molecule has 0 saturated carbocycles. The lowest BCUT2D eigenvalue weighted by atomic mass is 10.1. The molecule has 0 saturated heterocycles. The Morgan fingerprint density at radius 2 is 2.28 bits per heavy atom. The van der Waals surface area contributed by atoms with Crippen LogP contribution in [0.5, 0.6) is 0 Å². The molecule has 1 aromatic rings. The largest absolute Gasteiger partial charge is 0.481 e. The minimum atomic E-state index is -0.839. The first-order valence-corrected chi connectivity index (χ1v) is 5.85. The molecule has 5 nitrogen and oxygen atoms in total. The fourth-order valence-electron chi connectivity index (χ4n) is 1.93. The highest BCUT2D eigenvalue weighted by molar-refractivity contribution is 5.68.